The Morgan fingerprint density at radius 2 is 1.85 bits per heavy atom. The van der Waals surface area contributed by atoms with Gasteiger partial charge in [-0.25, -0.2) is 14.4 Å². The van der Waals surface area contributed by atoms with E-state index < -0.39 is 26.9 Å². The zero-order chi connectivity index (χ0) is 25.5. The van der Waals surface area contributed by atoms with Gasteiger partial charge in [-0.15, -0.1) is 14.6 Å². The molecule has 0 heterocycles. The summed E-state index contributed by atoms with van der Waals surface area (Å²) >= 11 is 6.26. The molecule has 2 aromatic carbocycles. The second-order valence-electron chi connectivity index (χ2n) is 6.22. The molecule has 0 aliphatic carbocycles. The maximum atomic E-state index is 13.2. The summed E-state index contributed by atoms with van der Waals surface area (Å²) in [7, 11) is -4.73. The van der Waals surface area contributed by atoms with Gasteiger partial charge in [-0.2, -0.15) is 8.42 Å². The quantitative estimate of drug-likeness (QED) is 0.0643. The van der Waals surface area contributed by atoms with Crippen molar-refractivity contribution >= 4 is 62.5 Å². The van der Waals surface area contributed by atoms with E-state index in [9.17, 15) is 22.2 Å². The molecule has 0 bridgehead atoms. The molecule has 6 N–H and O–H groups in total. The van der Waals surface area contributed by atoms with Crippen molar-refractivity contribution < 1.29 is 36.8 Å². The van der Waals surface area contributed by atoms with Crippen molar-refractivity contribution in [1.29, 1.82) is 0 Å². The van der Waals surface area contributed by atoms with Gasteiger partial charge in [-0.05, 0) is 43.3 Å². The Bertz CT molecular complexity index is 1270. The number of allylic oxidation sites excluding steroid dienone is 3. The van der Waals surface area contributed by atoms with Crippen LogP contribution in [-0.2, 0) is 19.5 Å². The fourth-order valence-electron chi connectivity index (χ4n) is 2.41. The minimum atomic E-state index is -4.73. The van der Waals surface area contributed by atoms with Gasteiger partial charge in [0.15, 0.2) is 0 Å². The molecule has 0 spiro atoms. The number of primary amides is 1. The van der Waals surface area contributed by atoms with Crippen molar-refractivity contribution in [2.24, 2.45) is 16.0 Å². The number of nitrogens with one attached hydrogen (secondary N) is 2. The molecule has 0 radical (unpaired) electrons. The maximum Gasteiger partial charge on any atom is 0.316 e. The molecule has 182 valence electrons. The number of anilines is 2. The number of amides is 2. The highest BCUT2D eigenvalue weighted by Crippen LogP contribution is 2.34. The number of urea groups is 1. The number of rotatable bonds is 10. The molecule has 0 saturated carbocycles. The number of hydrogen-bond donors (Lipinski definition) is 5. The predicted octanol–water partition coefficient (Wildman–Crippen LogP) is 5.63. The number of halogens is 2. The molecule has 0 aliphatic rings. The molecule has 16 heteroatoms. The van der Waals surface area contributed by atoms with Crippen LogP contribution in [-0.4, -0.2) is 24.3 Å². The van der Waals surface area contributed by atoms with Crippen LogP contribution in [0.15, 0.2) is 79.6 Å². The van der Waals surface area contributed by atoms with Crippen molar-refractivity contribution in [3.05, 3.63) is 59.5 Å². The average Bonchev–Trinajstić information content (AvgIpc) is 2.75. The summed E-state index contributed by atoms with van der Waals surface area (Å²) in [6.45, 7) is 4.60. The SMILES string of the molecule is C=C(F)/C(Cl)=C(\C)Nc1ccc(N=Nc2ccc(SOOO)cc2S(=O)(=O)O)c(NC(N)=O)c1. The third kappa shape index (κ3) is 7.77. The fraction of sp³-hybridized carbons (Fsp3) is 0.0556. The van der Waals surface area contributed by atoms with Crippen molar-refractivity contribution in [1.82, 2.24) is 0 Å². The summed E-state index contributed by atoms with van der Waals surface area (Å²) in [5, 5.41) is 24.3. The van der Waals surface area contributed by atoms with Crippen LogP contribution in [0.25, 0.3) is 0 Å². The van der Waals surface area contributed by atoms with E-state index in [2.05, 4.69) is 36.8 Å². The van der Waals surface area contributed by atoms with Gasteiger partial charge in [0.1, 0.15) is 22.1 Å². The van der Waals surface area contributed by atoms with Gasteiger partial charge < -0.3 is 16.4 Å². The Hall–Kier alpha value is -3.05. The highest BCUT2D eigenvalue weighted by atomic mass is 35.5. The summed E-state index contributed by atoms with van der Waals surface area (Å²) in [6, 6.07) is 6.90. The third-order valence-electron chi connectivity index (χ3n) is 3.79. The van der Waals surface area contributed by atoms with Crippen LogP contribution in [0.2, 0.25) is 0 Å². The largest absolute Gasteiger partial charge is 0.358 e. The normalized spacial score (nSPS) is 12.4. The van der Waals surface area contributed by atoms with E-state index in [1.54, 1.807) is 0 Å². The summed E-state index contributed by atoms with van der Waals surface area (Å²) in [5.41, 5.74) is 5.66. The summed E-state index contributed by atoms with van der Waals surface area (Å²) in [5.74, 6) is -0.845. The fourth-order valence-corrected chi connectivity index (χ4v) is 3.58. The van der Waals surface area contributed by atoms with E-state index in [1.807, 2.05) is 0 Å². The number of carbonyl (C=O) groups excluding carboxylic acids is 1. The van der Waals surface area contributed by atoms with Crippen LogP contribution in [0.3, 0.4) is 0 Å². The average molecular weight is 534 g/mol. The van der Waals surface area contributed by atoms with Crippen molar-refractivity contribution in [2.75, 3.05) is 10.6 Å². The van der Waals surface area contributed by atoms with E-state index in [0.29, 0.717) is 17.7 Å². The van der Waals surface area contributed by atoms with E-state index >= 15 is 0 Å². The third-order valence-corrected chi connectivity index (χ3v) is 5.74. The zero-order valence-electron chi connectivity index (χ0n) is 17.2. The summed E-state index contributed by atoms with van der Waals surface area (Å²) in [4.78, 5) is 10.9. The smallest absolute Gasteiger partial charge is 0.316 e. The first-order chi connectivity index (χ1) is 15.9. The Balaban J connectivity index is 2.45. The maximum absolute atomic E-state index is 13.2. The van der Waals surface area contributed by atoms with Crippen molar-refractivity contribution in [3.63, 3.8) is 0 Å². The lowest BCUT2D eigenvalue weighted by atomic mass is 10.2. The van der Waals surface area contributed by atoms with Gasteiger partial charge >= 0.3 is 6.03 Å². The molecule has 34 heavy (non-hydrogen) atoms. The molecule has 0 fully saturated rings. The van der Waals surface area contributed by atoms with Crippen LogP contribution in [0.1, 0.15) is 6.92 Å². The molecular formula is C18H17ClFN5O7S2. The standard InChI is InChI=1S/C18H17ClFN5O7S2/c1-9(20)17(19)10(2)22-11-3-5-13(15(7-11)23-18(21)26)24-25-14-6-4-12(33-32-31-27)8-16(14)34(28,29)30/h3-8,22,27H,1H2,2H3,(H3,21,23,26)(H,28,29,30)/b17-10-,25-24?. The lowest BCUT2D eigenvalue weighted by Gasteiger charge is -2.12. The summed E-state index contributed by atoms with van der Waals surface area (Å²) < 4.78 is 50.4. The van der Waals surface area contributed by atoms with Crippen LogP contribution < -0.4 is 16.4 Å². The monoisotopic (exact) mass is 533 g/mol. The first-order valence-electron chi connectivity index (χ1n) is 8.79. The van der Waals surface area contributed by atoms with Crippen LogP contribution in [0, 0.1) is 0 Å². The van der Waals surface area contributed by atoms with Gasteiger partial charge in [0, 0.05) is 16.3 Å². The predicted molar refractivity (Wildman–Crippen MR) is 123 cm³/mol. The first-order valence-corrected chi connectivity index (χ1v) is 11.3. The second-order valence-corrected chi connectivity index (χ2v) is 8.76. The minimum Gasteiger partial charge on any atom is -0.358 e. The van der Waals surface area contributed by atoms with E-state index in [4.69, 9.17) is 22.6 Å². The van der Waals surface area contributed by atoms with Crippen LogP contribution >= 0.6 is 23.6 Å². The number of nitrogens with two attached hydrogens (primary N) is 1. The van der Waals surface area contributed by atoms with Gasteiger partial charge in [-0.1, -0.05) is 23.2 Å². The number of azo groups is 1. The minimum absolute atomic E-state index is 0.0590. The molecular weight excluding hydrogens is 517 g/mol. The first kappa shape index (κ1) is 27.2. The van der Waals surface area contributed by atoms with Crippen molar-refractivity contribution in [3.8, 4) is 0 Å². The topological polar surface area (TPSA) is 185 Å². The molecule has 0 saturated heterocycles. The van der Waals surface area contributed by atoms with Crippen molar-refractivity contribution in [2.45, 2.75) is 16.7 Å². The molecule has 0 aliphatic heterocycles. The molecule has 2 amide bonds. The second kappa shape index (κ2) is 11.9. The number of nitrogens with zero attached hydrogens (tertiary/aromatic N) is 2. The molecule has 0 unspecified atom stereocenters. The number of hydrogen-bond acceptors (Lipinski definition) is 10. The summed E-state index contributed by atoms with van der Waals surface area (Å²) in [6.07, 6.45) is 0. The Morgan fingerprint density at radius 1 is 1.21 bits per heavy atom. The molecule has 2 rings (SSSR count). The van der Waals surface area contributed by atoms with Gasteiger partial charge in [0.05, 0.1) is 22.8 Å². The van der Waals surface area contributed by atoms with E-state index in [0.717, 1.165) is 6.07 Å². The molecule has 0 aromatic heterocycles. The van der Waals surface area contributed by atoms with Crippen LogP contribution in [0.5, 0.6) is 0 Å². The Kier molecular flexibility index (Phi) is 9.51. The number of carbonyl (C=O) groups is 1. The Morgan fingerprint density at radius 3 is 2.44 bits per heavy atom. The van der Waals surface area contributed by atoms with Crippen LogP contribution in [0.4, 0.5) is 31.9 Å². The highest BCUT2D eigenvalue weighted by molar-refractivity contribution is 7.94. The van der Waals surface area contributed by atoms with Gasteiger partial charge in [0.2, 0.25) is 0 Å². The number of benzene rings is 2. The molecule has 0 atom stereocenters. The lowest BCUT2D eigenvalue weighted by molar-refractivity contribution is -0.432. The zero-order valence-corrected chi connectivity index (χ0v) is 19.5. The van der Waals surface area contributed by atoms with E-state index in [1.165, 1.54) is 37.3 Å². The van der Waals surface area contributed by atoms with Gasteiger partial charge in [0.25, 0.3) is 10.1 Å². The lowest BCUT2D eigenvalue weighted by Crippen LogP contribution is -2.19. The Labute approximate surface area is 202 Å². The highest BCUT2D eigenvalue weighted by Gasteiger charge is 2.17. The van der Waals surface area contributed by atoms with E-state index in [-0.39, 0.29) is 32.7 Å². The molecule has 12 nitrogen and oxygen atoms in total. The van der Waals surface area contributed by atoms with Gasteiger partial charge in [-0.3, -0.25) is 4.55 Å². The molecule has 2 aromatic rings.